The maximum atomic E-state index is 11.8. The molecule has 0 atom stereocenters. The van der Waals surface area contributed by atoms with Crippen LogP contribution in [0, 0.1) is 0 Å². The second-order valence-electron chi connectivity index (χ2n) is 4.63. The van der Waals surface area contributed by atoms with Crippen LogP contribution in [0.3, 0.4) is 0 Å². The van der Waals surface area contributed by atoms with Crippen LogP contribution in [0.5, 0.6) is 11.5 Å². The molecule has 0 saturated carbocycles. The van der Waals surface area contributed by atoms with Crippen molar-refractivity contribution in [3.05, 3.63) is 46.9 Å². The number of nitrogens with one attached hydrogen (secondary N) is 1. The molecule has 3 aromatic rings. The van der Waals surface area contributed by atoms with Crippen molar-refractivity contribution < 1.29 is 14.0 Å². The van der Waals surface area contributed by atoms with Crippen molar-refractivity contribution in [3.63, 3.8) is 0 Å². The predicted octanol–water partition coefficient (Wildman–Crippen LogP) is 2.50. The highest BCUT2D eigenvalue weighted by atomic mass is 16.5. The first-order valence-electron chi connectivity index (χ1n) is 7.06. The Morgan fingerprint density at radius 2 is 2.13 bits per heavy atom. The largest absolute Gasteiger partial charge is 0.493 e. The molecule has 2 aromatic heterocycles. The highest BCUT2D eigenvalue weighted by Crippen LogP contribution is 2.32. The lowest BCUT2D eigenvalue weighted by atomic mass is 10.2. The standard InChI is InChI=1S/C16H15N3O4/c1-3-22-12-7-6-10(9-13(12)21-2)14-18-16(23-19-14)11-5-4-8-17-15(11)20/h4-9H,3H2,1-2H3,(H,17,20). The van der Waals surface area contributed by atoms with Crippen LogP contribution < -0.4 is 15.0 Å². The third-order valence-electron chi connectivity index (χ3n) is 3.20. The molecule has 0 unspecified atom stereocenters. The van der Waals surface area contributed by atoms with Gasteiger partial charge >= 0.3 is 0 Å². The number of hydrogen-bond donors (Lipinski definition) is 1. The van der Waals surface area contributed by atoms with Crippen molar-refractivity contribution >= 4 is 0 Å². The van der Waals surface area contributed by atoms with Crippen molar-refractivity contribution in [2.45, 2.75) is 6.92 Å². The van der Waals surface area contributed by atoms with E-state index in [4.69, 9.17) is 14.0 Å². The normalized spacial score (nSPS) is 10.5. The summed E-state index contributed by atoms with van der Waals surface area (Å²) in [5.41, 5.74) is 0.740. The summed E-state index contributed by atoms with van der Waals surface area (Å²) in [7, 11) is 1.56. The molecule has 7 heteroatoms. The van der Waals surface area contributed by atoms with Crippen molar-refractivity contribution in [2.75, 3.05) is 13.7 Å². The van der Waals surface area contributed by atoms with Gasteiger partial charge in [-0.25, -0.2) is 0 Å². The summed E-state index contributed by atoms with van der Waals surface area (Å²) in [4.78, 5) is 18.6. The molecule has 3 rings (SSSR count). The van der Waals surface area contributed by atoms with Gasteiger partial charge < -0.3 is 19.0 Å². The first kappa shape index (κ1) is 14.8. The lowest BCUT2D eigenvalue weighted by Gasteiger charge is -2.09. The Morgan fingerprint density at radius 3 is 2.87 bits per heavy atom. The van der Waals surface area contributed by atoms with Gasteiger partial charge in [0.05, 0.1) is 13.7 Å². The molecule has 0 aliphatic carbocycles. The number of H-pyrrole nitrogens is 1. The fourth-order valence-electron chi connectivity index (χ4n) is 2.12. The number of aromatic amines is 1. The minimum Gasteiger partial charge on any atom is -0.493 e. The number of pyridine rings is 1. The van der Waals surface area contributed by atoms with Gasteiger partial charge in [0, 0.05) is 11.8 Å². The Balaban J connectivity index is 1.97. The van der Waals surface area contributed by atoms with Crippen LogP contribution in [-0.4, -0.2) is 28.8 Å². The first-order valence-corrected chi connectivity index (χ1v) is 7.06. The van der Waals surface area contributed by atoms with Crippen molar-refractivity contribution in [1.29, 1.82) is 0 Å². The molecule has 23 heavy (non-hydrogen) atoms. The van der Waals surface area contributed by atoms with E-state index in [2.05, 4.69) is 15.1 Å². The van der Waals surface area contributed by atoms with E-state index in [0.717, 1.165) is 0 Å². The predicted molar refractivity (Wildman–Crippen MR) is 83.5 cm³/mol. The van der Waals surface area contributed by atoms with Crippen molar-refractivity contribution in [2.24, 2.45) is 0 Å². The number of ether oxygens (including phenoxy) is 2. The molecular weight excluding hydrogens is 298 g/mol. The van der Waals surface area contributed by atoms with Crippen LogP contribution in [0.4, 0.5) is 0 Å². The summed E-state index contributed by atoms with van der Waals surface area (Å²) in [6, 6.07) is 8.66. The summed E-state index contributed by atoms with van der Waals surface area (Å²) in [5, 5.41) is 3.92. The number of hydrogen-bond acceptors (Lipinski definition) is 6. The third kappa shape index (κ3) is 2.94. The van der Waals surface area contributed by atoms with Gasteiger partial charge in [-0.15, -0.1) is 0 Å². The van der Waals surface area contributed by atoms with E-state index in [1.807, 2.05) is 6.92 Å². The second-order valence-corrected chi connectivity index (χ2v) is 4.63. The summed E-state index contributed by atoms with van der Waals surface area (Å²) in [6.45, 7) is 2.44. The van der Waals surface area contributed by atoms with Gasteiger partial charge in [0.15, 0.2) is 11.5 Å². The lowest BCUT2D eigenvalue weighted by Crippen LogP contribution is -2.06. The molecule has 1 N–H and O–H groups in total. The second kappa shape index (κ2) is 6.35. The summed E-state index contributed by atoms with van der Waals surface area (Å²) >= 11 is 0. The molecule has 0 aliphatic rings. The molecule has 0 spiro atoms. The average Bonchev–Trinajstić information content (AvgIpc) is 3.05. The molecule has 2 heterocycles. The number of aromatic nitrogens is 3. The summed E-state index contributed by atoms with van der Waals surface area (Å²) in [5.74, 6) is 1.74. The van der Waals surface area contributed by atoms with Gasteiger partial charge in [-0.1, -0.05) is 5.16 Å². The fraction of sp³-hybridized carbons (Fsp3) is 0.188. The molecule has 0 aliphatic heterocycles. The quantitative estimate of drug-likeness (QED) is 0.778. The highest BCUT2D eigenvalue weighted by molar-refractivity contribution is 5.63. The van der Waals surface area contributed by atoms with E-state index in [1.165, 1.54) is 0 Å². The SMILES string of the molecule is CCOc1ccc(-c2noc(-c3ccc[nH]c3=O)n2)cc1OC. The van der Waals surface area contributed by atoms with Gasteiger partial charge in [0.1, 0.15) is 5.56 Å². The summed E-state index contributed by atoms with van der Waals surface area (Å²) < 4.78 is 16.0. The fourth-order valence-corrected chi connectivity index (χ4v) is 2.12. The van der Waals surface area contributed by atoms with Crippen molar-refractivity contribution in [3.8, 4) is 34.3 Å². The molecule has 0 radical (unpaired) electrons. The van der Waals surface area contributed by atoms with Crippen LogP contribution in [0.2, 0.25) is 0 Å². The molecule has 0 fully saturated rings. The van der Waals surface area contributed by atoms with Gasteiger partial charge in [-0.05, 0) is 37.3 Å². The maximum Gasteiger partial charge on any atom is 0.263 e. The first-order chi connectivity index (χ1) is 11.2. The van der Waals surface area contributed by atoms with E-state index < -0.39 is 0 Å². The zero-order valence-electron chi connectivity index (χ0n) is 12.7. The average molecular weight is 313 g/mol. The van der Waals surface area contributed by atoms with E-state index in [9.17, 15) is 4.79 Å². The Labute approximate surface area is 131 Å². The van der Waals surface area contributed by atoms with Gasteiger partial charge in [0.25, 0.3) is 11.4 Å². The topological polar surface area (TPSA) is 90.2 Å². The van der Waals surface area contributed by atoms with Crippen LogP contribution in [-0.2, 0) is 0 Å². The number of nitrogens with zero attached hydrogens (tertiary/aromatic N) is 2. The minimum atomic E-state index is -0.285. The van der Waals surface area contributed by atoms with Crippen LogP contribution in [0.25, 0.3) is 22.8 Å². The third-order valence-corrected chi connectivity index (χ3v) is 3.20. The van der Waals surface area contributed by atoms with Gasteiger partial charge in [0.2, 0.25) is 5.82 Å². The molecule has 0 bridgehead atoms. The Morgan fingerprint density at radius 1 is 1.26 bits per heavy atom. The zero-order valence-corrected chi connectivity index (χ0v) is 12.7. The van der Waals surface area contributed by atoms with E-state index >= 15 is 0 Å². The lowest BCUT2D eigenvalue weighted by molar-refractivity contribution is 0.311. The molecule has 0 saturated heterocycles. The monoisotopic (exact) mass is 313 g/mol. The molecule has 1 aromatic carbocycles. The van der Waals surface area contributed by atoms with E-state index in [1.54, 1.807) is 43.6 Å². The number of rotatable bonds is 5. The highest BCUT2D eigenvalue weighted by Gasteiger charge is 2.15. The Kier molecular flexibility index (Phi) is 4.09. The van der Waals surface area contributed by atoms with Crippen LogP contribution in [0.15, 0.2) is 45.8 Å². The Hall–Kier alpha value is -3.09. The zero-order chi connectivity index (χ0) is 16.2. The molecule has 0 amide bonds. The van der Waals surface area contributed by atoms with E-state index in [0.29, 0.717) is 35.1 Å². The molecular formula is C16H15N3O4. The van der Waals surface area contributed by atoms with E-state index in [-0.39, 0.29) is 11.4 Å². The van der Waals surface area contributed by atoms with Crippen LogP contribution in [0.1, 0.15) is 6.92 Å². The smallest absolute Gasteiger partial charge is 0.263 e. The minimum absolute atomic E-state index is 0.162. The summed E-state index contributed by atoms with van der Waals surface area (Å²) in [6.07, 6.45) is 1.54. The number of benzene rings is 1. The van der Waals surface area contributed by atoms with Gasteiger partial charge in [-0.2, -0.15) is 4.98 Å². The van der Waals surface area contributed by atoms with Crippen molar-refractivity contribution in [1.82, 2.24) is 15.1 Å². The molecule has 7 nitrogen and oxygen atoms in total. The Bertz CT molecular complexity index is 870. The van der Waals surface area contributed by atoms with Crippen LogP contribution >= 0.6 is 0 Å². The maximum absolute atomic E-state index is 11.8. The van der Waals surface area contributed by atoms with Gasteiger partial charge in [-0.3, -0.25) is 4.79 Å². The molecule has 118 valence electrons. The number of methoxy groups -OCH3 is 1.